The van der Waals surface area contributed by atoms with Crippen molar-refractivity contribution in [2.45, 2.75) is 18.9 Å². The topological polar surface area (TPSA) is 91.1 Å². The molecule has 0 amide bonds. The van der Waals surface area contributed by atoms with E-state index < -0.39 is 0 Å². The number of benzene rings is 1. The number of hydrogen-bond donors (Lipinski definition) is 2. The molecule has 0 radical (unpaired) electrons. The molecule has 0 saturated carbocycles. The van der Waals surface area contributed by atoms with E-state index in [9.17, 15) is 10.4 Å². The van der Waals surface area contributed by atoms with E-state index in [1.807, 2.05) is 35.2 Å². The molecular weight excluding hydrogens is 266 g/mol. The third-order valence-electron chi connectivity index (χ3n) is 3.78. The maximum atomic E-state index is 9.60. The first kappa shape index (κ1) is 13.5. The summed E-state index contributed by atoms with van der Waals surface area (Å²) in [6.07, 6.45) is 1.10. The largest absolute Gasteiger partial charge is 0.393 e. The van der Waals surface area contributed by atoms with E-state index in [2.05, 4.69) is 11.2 Å². The summed E-state index contributed by atoms with van der Waals surface area (Å²) >= 11 is 0. The highest BCUT2D eigenvalue weighted by Gasteiger charge is 2.25. The van der Waals surface area contributed by atoms with E-state index in [0.717, 1.165) is 5.69 Å². The Hall–Kier alpha value is -2.52. The van der Waals surface area contributed by atoms with Crippen LogP contribution in [0.1, 0.15) is 18.4 Å². The number of rotatable bonds is 2. The zero-order chi connectivity index (χ0) is 14.8. The second kappa shape index (κ2) is 5.46. The highest BCUT2D eigenvalue weighted by molar-refractivity contribution is 5.67. The van der Waals surface area contributed by atoms with Gasteiger partial charge < -0.3 is 15.7 Å². The Morgan fingerprint density at radius 3 is 2.52 bits per heavy atom. The van der Waals surface area contributed by atoms with Gasteiger partial charge >= 0.3 is 0 Å². The minimum Gasteiger partial charge on any atom is -0.393 e. The van der Waals surface area contributed by atoms with Crippen LogP contribution in [0.4, 0.5) is 11.6 Å². The first-order valence-electron chi connectivity index (χ1n) is 6.97. The third kappa shape index (κ3) is 2.43. The molecular formula is C15H17N5O. The molecule has 3 N–H and O–H groups in total. The van der Waals surface area contributed by atoms with Crippen molar-refractivity contribution in [1.29, 1.82) is 5.26 Å². The van der Waals surface area contributed by atoms with Gasteiger partial charge in [0.25, 0.3) is 0 Å². The fourth-order valence-electron chi connectivity index (χ4n) is 2.59. The summed E-state index contributed by atoms with van der Waals surface area (Å²) in [5.74, 6) is 0.954. The molecule has 1 aliphatic rings. The van der Waals surface area contributed by atoms with Gasteiger partial charge in [0.15, 0.2) is 5.82 Å². The molecule has 0 unspecified atom stereocenters. The van der Waals surface area contributed by atoms with Gasteiger partial charge in [-0.15, -0.1) is 5.10 Å². The number of aromatic nitrogens is 2. The van der Waals surface area contributed by atoms with Crippen LogP contribution >= 0.6 is 0 Å². The van der Waals surface area contributed by atoms with Gasteiger partial charge in [-0.25, -0.2) is 4.68 Å². The molecule has 2 aromatic rings. The Kier molecular flexibility index (Phi) is 3.50. The van der Waals surface area contributed by atoms with Crippen LogP contribution in [0.15, 0.2) is 30.3 Å². The van der Waals surface area contributed by atoms with Crippen LogP contribution in [-0.4, -0.2) is 34.1 Å². The number of aliphatic hydroxyl groups is 1. The first-order valence-corrected chi connectivity index (χ1v) is 6.97. The first-order chi connectivity index (χ1) is 10.2. The predicted molar refractivity (Wildman–Crippen MR) is 80.1 cm³/mol. The van der Waals surface area contributed by atoms with Crippen molar-refractivity contribution in [2.24, 2.45) is 0 Å². The monoisotopic (exact) mass is 283 g/mol. The Balaban J connectivity index is 2.00. The summed E-state index contributed by atoms with van der Waals surface area (Å²) in [6, 6.07) is 11.7. The Bertz CT molecular complexity index is 665. The van der Waals surface area contributed by atoms with E-state index in [4.69, 9.17) is 5.73 Å². The standard InChI is InChI=1S/C15H17N5O/c16-10-13-14(17)20(11-4-2-1-3-5-11)18-15(13)19-8-6-12(21)7-9-19/h1-5,12,21H,6-9,17H2. The lowest BCUT2D eigenvalue weighted by Crippen LogP contribution is -2.36. The zero-order valence-electron chi connectivity index (χ0n) is 11.6. The van der Waals surface area contributed by atoms with Crippen molar-refractivity contribution < 1.29 is 5.11 Å². The zero-order valence-corrected chi connectivity index (χ0v) is 11.6. The van der Waals surface area contributed by atoms with E-state index >= 15 is 0 Å². The molecule has 1 aromatic heterocycles. The summed E-state index contributed by atoms with van der Waals surface area (Å²) in [4.78, 5) is 2.01. The van der Waals surface area contributed by atoms with Crippen molar-refractivity contribution in [3.05, 3.63) is 35.9 Å². The fraction of sp³-hybridized carbons (Fsp3) is 0.333. The Morgan fingerprint density at radius 2 is 1.90 bits per heavy atom. The summed E-state index contributed by atoms with van der Waals surface area (Å²) in [5.41, 5.74) is 7.31. The van der Waals surface area contributed by atoms with Gasteiger partial charge in [0.05, 0.1) is 11.8 Å². The normalized spacial score (nSPS) is 15.9. The average molecular weight is 283 g/mol. The molecule has 108 valence electrons. The molecule has 1 aromatic carbocycles. The minimum atomic E-state index is -0.264. The summed E-state index contributed by atoms with van der Waals surface area (Å²) in [5, 5.41) is 23.5. The van der Waals surface area contributed by atoms with Crippen LogP contribution in [0.25, 0.3) is 5.69 Å². The number of piperidine rings is 1. The van der Waals surface area contributed by atoms with E-state index in [1.165, 1.54) is 0 Å². The third-order valence-corrected chi connectivity index (χ3v) is 3.78. The van der Waals surface area contributed by atoms with Gasteiger partial charge in [-0.1, -0.05) is 18.2 Å². The lowest BCUT2D eigenvalue weighted by molar-refractivity contribution is 0.145. The number of nitrogens with zero attached hydrogens (tertiary/aromatic N) is 4. The molecule has 0 atom stereocenters. The van der Waals surface area contributed by atoms with Gasteiger partial charge in [-0.2, -0.15) is 5.26 Å². The maximum absolute atomic E-state index is 9.60. The molecule has 0 bridgehead atoms. The number of hydrogen-bond acceptors (Lipinski definition) is 5. The van der Waals surface area contributed by atoms with Gasteiger partial charge in [0.1, 0.15) is 17.5 Å². The molecule has 1 fully saturated rings. The summed E-state index contributed by atoms with van der Waals surface area (Å²) in [7, 11) is 0. The number of aliphatic hydroxyl groups excluding tert-OH is 1. The Morgan fingerprint density at radius 1 is 1.24 bits per heavy atom. The second-order valence-electron chi connectivity index (χ2n) is 5.16. The summed E-state index contributed by atoms with van der Waals surface area (Å²) < 4.78 is 1.60. The van der Waals surface area contributed by atoms with Gasteiger partial charge in [-0.3, -0.25) is 0 Å². The maximum Gasteiger partial charge on any atom is 0.171 e. The number of nitrogen functional groups attached to an aromatic ring is 1. The van der Waals surface area contributed by atoms with Crippen molar-refractivity contribution in [3.8, 4) is 11.8 Å². The van der Waals surface area contributed by atoms with Crippen molar-refractivity contribution in [2.75, 3.05) is 23.7 Å². The van der Waals surface area contributed by atoms with Crippen molar-refractivity contribution >= 4 is 11.6 Å². The smallest absolute Gasteiger partial charge is 0.171 e. The lowest BCUT2D eigenvalue weighted by Gasteiger charge is -2.29. The van der Waals surface area contributed by atoms with Crippen LogP contribution in [0, 0.1) is 11.3 Å². The van der Waals surface area contributed by atoms with Gasteiger partial charge in [0, 0.05) is 13.1 Å². The molecule has 3 rings (SSSR count). The van der Waals surface area contributed by atoms with Crippen molar-refractivity contribution in [1.82, 2.24) is 9.78 Å². The predicted octanol–water partition coefficient (Wildman–Crippen LogP) is 1.29. The van der Waals surface area contributed by atoms with Crippen LogP contribution in [0.2, 0.25) is 0 Å². The summed E-state index contributed by atoms with van der Waals surface area (Å²) in [6.45, 7) is 1.36. The minimum absolute atomic E-state index is 0.264. The average Bonchev–Trinajstić information content (AvgIpc) is 2.85. The lowest BCUT2D eigenvalue weighted by atomic mass is 10.1. The molecule has 2 heterocycles. The van der Waals surface area contributed by atoms with E-state index in [1.54, 1.807) is 4.68 Å². The molecule has 1 aliphatic heterocycles. The Labute approximate surface area is 123 Å². The van der Waals surface area contributed by atoms with Gasteiger partial charge in [0.2, 0.25) is 0 Å². The van der Waals surface area contributed by atoms with Crippen LogP contribution in [0.3, 0.4) is 0 Å². The molecule has 0 spiro atoms. The SMILES string of the molecule is N#Cc1c(N2CCC(O)CC2)nn(-c2ccccc2)c1N. The van der Waals surface area contributed by atoms with E-state index in [0.29, 0.717) is 43.1 Å². The van der Waals surface area contributed by atoms with Crippen LogP contribution in [-0.2, 0) is 0 Å². The highest BCUT2D eigenvalue weighted by Crippen LogP contribution is 2.28. The van der Waals surface area contributed by atoms with Crippen LogP contribution in [0.5, 0.6) is 0 Å². The van der Waals surface area contributed by atoms with E-state index in [-0.39, 0.29) is 6.10 Å². The quantitative estimate of drug-likeness (QED) is 0.866. The number of para-hydroxylation sites is 1. The molecule has 6 nitrogen and oxygen atoms in total. The fourth-order valence-corrected chi connectivity index (χ4v) is 2.59. The molecule has 21 heavy (non-hydrogen) atoms. The number of anilines is 2. The molecule has 6 heteroatoms. The van der Waals surface area contributed by atoms with Gasteiger partial charge in [-0.05, 0) is 25.0 Å². The van der Waals surface area contributed by atoms with Crippen molar-refractivity contribution in [3.63, 3.8) is 0 Å². The number of nitrogens with two attached hydrogens (primary N) is 1. The number of nitriles is 1. The molecule has 1 saturated heterocycles. The highest BCUT2D eigenvalue weighted by atomic mass is 16.3. The molecule has 0 aliphatic carbocycles. The second-order valence-corrected chi connectivity index (χ2v) is 5.16. The van der Waals surface area contributed by atoms with Crippen LogP contribution < -0.4 is 10.6 Å².